The molecule has 26 heavy (non-hydrogen) atoms. The zero-order valence-corrected chi connectivity index (χ0v) is 15.0. The van der Waals surface area contributed by atoms with E-state index in [-0.39, 0.29) is 12.0 Å². The Hall–Kier alpha value is -2.10. The highest BCUT2D eigenvalue weighted by atomic mass is 16.7. The number of hydrogen-bond donors (Lipinski definition) is 1. The summed E-state index contributed by atoms with van der Waals surface area (Å²) in [7, 11) is 0. The van der Waals surface area contributed by atoms with E-state index in [9.17, 15) is 10.1 Å². The summed E-state index contributed by atoms with van der Waals surface area (Å²) in [6.07, 6.45) is 3.36. The van der Waals surface area contributed by atoms with E-state index in [0.717, 1.165) is 38.9 Å². The Bertz CT molecular complexity index is 670. The van der Waals surface area contributed by atoms with Crippen LogP contribution in [0.5, 0.6) is 0 Å². The first-order chi connectivity index (χ1) is 12.7. The zero-order chi connectivity index (χ0) is 17.9. The average molecular weight is 354 g/mol. The summed E-state index contributed by atoms with van der Waals surface area (Å²) < 4.78 is 0. The highest BCUT2D eigenvalue weighted by molar-refractivity contribution is 5.68. The summed E-state index contributed by atoms with van der Waals surface area (Å²) >= 11 is 0. The van der Waals surface area contributed by atoms with Gasteiger partial charge in [-0.3, -0.25) is 0 Å². The summed E-state index contributed by atoms with van der Waals surface area (Å²) in [4.78, 5) is 19.2. The highest BCUT2D eigenvalue weighted by Crippen LogP contribution is 2.41. The number of carbonyl (C=O) groups is 1. The molecular weight excluding hydrogens is 328 g/mol. The van der Waals surface area contributed by atoms with Crippen LogP contribution in [0, 0.1) is 17.2 Å². The molecular formula is C20H26N4O2. The van der Waals surface area contributed by atoms with E-state index >= 15 is 0 Å². The van der Waals surface area contributed by atoms with Crippen molar-refractivity contribution in [2.24, 2.45) is 5.92 Å². The number of nitrogens with one attached hydrogen (secondary N) is 1. The predicted molar refractivity (Wildman–Crippen MR) is 97.1 cm³/mol. The summed E-state index contributed by atoms with van der Waals surface area (Å²) in [6, 6.07) is 13.7. The molecule has 0 spiro atoms. The number of amides is 1. The Morgan fingerprint density at radius 2 is 2.04 bits per heavy atom. The molecule has 0 bridgehead atoms. The monoisotopic (exact) mass is 354 g/mol. The number of rotatable bonds is 5. The van der Waals surface area contributed by atoms with Crippen LogP contribution in [0.15, 0.2) is 30.3 Å². The molecule has 0 aromatic heterocycles. The van der Waals surface area contributed by atoms with Crippen molar-refractivity contribution in [3.8, 4) is 6.07 Å². The summed E-state index contributed by atoms with van der Waals surface area (Å²) in [5, 5.41) is 14.7. The van der Waals surface area contributed by atoms with Crippen LogP contribution < -0.4 is 5.32 Å². The van der Waals surface area contributed by atoms with Gasteiger partial charge in [0.25, 0.3) is 0 Å². The molecule has 0 radical (unpaired) electrons. The summed E-state index contributed by atoms with van der Waals surface area (Å²) in [5.41, 5.74) is 1.39. The zero-order valence-electron chi connectivity index (χ0n) is 15.0. The number of hydroxylamine groups is 2. The van der Waals surface area contributed by atoms with Crippen molar-refractivity contribution in [2.75, 3.05) is 26.2 Å². The SMILES string of the molecule is N#CCC1CN(OC(=O)N2CCC2)CCC1NC1CC1c1ccccc1. The van der Waals surface area contributed by atoms with Gasteiger partial charge in [-0.2, -0.15) is 5.26 Å². The molecule has 6 nitrogen and oxygen atoms in total. The third kappa shape index (κ3) is 3.84. The molecule has 1 aromatic carbocycles. The van der Waals surface area contributed by atoms with Crippen molar-refractivity contribution >= 4 is 6.09 Å². The van der Waals surface area contributed by atoms with Crippen molar-refractivity contribution in [1.82, 2.24) is 15.3 Å². The highest BCUT2D eigenvalue weighted by Gasteiger charge is 2.42. The maximum absolute atomic E-state index is 12.0. The molecule has 3 aliphatic rings. The van der Waals surface area contributed by atoms with Crippen LogP contribution in [-0.4, -0.2) is 54.3 Å². The molecule has 1 aromatic rings. The van der Waals surface area contributed by atoms with Crippen LogP contribution in [0.25, 0.3) is 0 Å². The molecule has 1 aliphatic carbocycles. The van der Waals surface area contributed by atoms with Crippen LogP contribution in [-0.2, 0) is 4.84 Å². The molecule has 1 amide bonds. The minimum absolute atomic E-state index is 0.190. The van der Waals surface area contributed by atoms with Crippen LogP contribution in [0.3, 0.4) is 0 Å². The van der Waals surface area contributed by atoms with Crippen LogP contribution in [0.1, 0.15) is 37.2 Å². The van der Waals surface area contributed by atoms with Gasteiger partial charge in [-0.05, 0) is 24.8 Å². The minimum Gasteiger partial charge on any atom is -0.351 e. The smallest absolute Gasteiger partial charge is 0.351 e. The standard InChI is InChI=1S/C20H26N4O2/c21-9-7-16-14-24(26-20(25)23-10-4-11-23)12-8-18(16)22-19-13-17(19)15-5-2-1-3-6-15/h1-3,5-6,16-19,22H,4,7-8,10-14H2. The van der Waals surface area contributed by atoms with Crippen molar-refractivity contribution < 1.29 is 9.63 Å². The van der Waals surface area contributed by atoms with Gasteiger partial charge in [0.2, 0.25) is 0 Å². The number of likely N-dealkylation sites (tertiary alicyclic amines) is 1. The van der Waals surface area contributed by atoms with Crippen LogP contribution in [0.2, 0.25) is 0 Å². The number of benzene rings is 1. The predicted octanol–water partition coefficient (Wildman–Crippen LogP) is 2.49. The lowest BCUT2D eigenvalue weighted by atomic mass is 9.90. The van der Waals surface area contributed by atoms with Crippen molar-refractivity contribution in [3.05, 3.63) is 35.9 Å². The second-order valence-electron chi connectivity index (χ2n) is 7.63. The molecule has 2 saturated heterocycles. The van der Waals surface area contributed by atoms with E-state index in [1.807, 2.05) is 0 Å². The summed E-state index contributed by atoms with van der Waals surface area (Å²) in [6.45, 7) is 2.94. The number of hydrogen-bond acceptors (Lipinski definition) is 5. The quantitative estimate of drug-likeness (QED) is 0.880. The fourth-order valence-corrected chi connectivity index (χ4v) is 4.02. The van der Waals surface area contributed by atoms with Gasteiger partial charge >= 0.3 is 6.09 Å². The number of nitrogens with zero attached hydrogens (tertiary/aromatic N) is 3. The molecule has 6 heteroatoms. The minimum atomic E-state index is -0.246. The second-order valence-corrected chi connectivity index (χ2v) is 7.63. The molecule has 1 N–H and O–H groups in total. The van der Waals surface area contributed by atoms with Crippen LogP contribution in [0.4, 0.5) is 4.79 Å². The Labute approximate surface area is 154 Å². The fourth-order valence-electron chi connectivity index (χ4n) is 4.02. The molecule has 4 unspecified atom stereocenters. The summed E-state index contributed by atoms with van der Waals surface area (Å²) in [5.74, 6) is 0.774. The first kappa shape index (κ1) is 17.3. The largest absolute Gasteiger partial charge is 0.428 e. The van der Waals surface area contributed by atoms with Gasteiger partial charge in [-0.15, -0.1) is 5.06 Å². The first-order valence-electron chi connectivity index (χ1n) is 9.64. The topological polar surface area (TPSA) is 68.6 Å². The van der Waals surface area contributed by atoms with Gasteiger partial charge in [-0.25, -0.2) is 4.79 Å². The fraction of sp³-hybridized carbons (Fsp3) is 0.600. The number of nitriles is 1. The van der Waals surface area contributed by atoms with E-state index in [0.29, 0.717) is 31.0 Å². The first-order valence-corrected chi connectivity index (χ1v) is 9.64. The molecule has 2 aliphatic heterocycles. The Balaban J connectivity index is 1.30. The van der Waals surface area contributed by atoms with Crippen molar-refractivity contribution in [3.63, 3.8) is 0 Å². The molecule has 3 fully saturated rings. The number of carbonyl (C=O) groups excluding carboxylic acids is 1. The lowest BCUT2D eigenvalue weighted by Gasteiger charge is -2.38. The molecule has 4 rings (SSSR count). The lowest BCUT2D eigenvalue weighted by molar-refractivity contribution is -0.141. The molecule has 1 saturated carbocycles. The van der Waals surface area contributed by atoms with E-state index in [1.165, 1.54) is 5.56 Å². The number of piperidine rings is 1. The van der Waals surface area contributed by atoms with E-state index in [2.05, 4.69) is 41.7 Å². The Kier molecular flexibility index (Phi) is 5.09. The van der Waals surface area contributed by atoms with Gasteiger partial charge in [0, 0.05) is 56.5 Å². The van der Waals surface area contributed by atoms with Gasteiger partial charge in [0.1, 0.15) is 0 Å². The van der Waals surface area contributed by atoms with E-state index in [1.54, 1.807) is 9.96 Å². The molecule has 2 heterocycles. The maximum atomic E-state index is 12.0. The van der Waals surface area contributed by atoms with Crippen LogP contribution >= 0.6 is 0 Å². The van der Waals surface area contributed by atoms with Gasteiger partial charge in [-0.1, -0.05) is 30.3 Å². The maximum Gasteiger partial charge on any atom is 0.428 e. The van der Waals surface area contributed by atoms with Crippen molar-refractivity contribution in [2.45, 2.75) is 43.7 Å². The van der Waals surface area contributed by atoms with E-state index < -0.39 is 0 Å². The van der Waals surface area contributed by atoms with Gasteiger partial charge in [0.15, 0.2) is 0 Å². The Morgan fingerprint density at radius 3 is 2.73 bits per heavy atom. The van der Waals surface area contributed by atoms with Gasteiger partial charge in [0.05, 0.1) is 6.07 Å². The van der Waals surface area contributed by atoms with E-state index in [4.69, 9.17) is 4.84 Å². The molecule has 4 atom stereocenters. The second kappa shape index (κ2) is 7.65. The Morgan fingerprint density at radius 1 is 1.23 bits per heavy atom. The average Bonchev–Trinajstić information content (AvgIpc) is 3.36. The third-order valence-corrected chi connectivity index (χ3v) is 5.82. The third-order valence-electron chi connectivity index (χ3n) is 5.82. The molecule has 138 valence electrons. The normalized spacial score (nSPS) is 31.0. The van der Waals surface area contributed by atoms with Crippen molar-refractivity contribution in [1.29, 1.82) is 5.26 Å². The lowest BCUT2D eigenvalue weighted by Crippen LogP contribution is -2.52. The van der Waals surface area contributed by atoms with Gasteiger partial charge < -0.3 is 15.1 Å².